The van der Waals surface area contributed by atoms with Gasteiger partial charge in [-0.05, 0) is 31.6 Å². The molecule has 0 aliphatic carbocycles. The van der Waals surface area contributed by atoms with Gasteiger partial charge in [-0.2, -0.15) is 0 Å². The van der Waals surface area contributed by atoms with Gasteiger partial charge in [0.15, 0.2) is 0 Å². The van der Waals surface area contributed by atoms with E-state index in [2.05, 4.69) is 13.8 Å². The molecule has 0 bridgehead atoms. The van der Waals surface area contributed by atoms with Gasteiger partial charge >= 0.3 is 0 Å². The fourth-order valence-corrected chi connectivity index (χ4v) is 2.45. The molecule has 0 amide bonds. The van der Waals surface area contributed by atoms with Gasteiger partial charge in [0.05, 0.1) is 0 Å². The van der Waals surface area contributed by atoms with Crippen molar-refractivity contribution in [1.29, 1.82) is 0 Å². The Hall–Kier alpha value is -0.370. The average Bonchev–Trinajstić information content (AvgIpc) is 2.31. The van der Waals surface area contributed by atoms with Crippen LogP contribution in [0.3, 0.4) is 0 Å². The third-order valence-electron chi connectivity index (χ3n) is 3.69. The van der Waals surface area contributed by atoms with Crippen molar-refractivity contribution in [3.8, 4) is 0 Å². The van der Waals surface area contributed by atoms with E-state index in [0.29, 0.717) is 17.6 Å². The van der Waals surface area contributed by atoms with Crippen molar-refractivity contribution in [3.05, 3.63) is 0 Å². The third kappa shape index (κ3) is 4.65. The summed E-state index contributed by atoms with van der Waals surface area (Å²) in [5.74, 6) is 1.42. The van der Waals surface area contributed by atoms with Crippen LogP contribution in [0, 0.1) is 11.8 Å². The first-order valence-electron chi connectivity index (χ1n) is 6.88. The maximum Gasteiger partial charge on any atom is 0.136 e. The second-order valence-electron chi connectivity index (χ2n) is 4.97. The zero-order valence-corrected chi connectivity index (χ0v) is 10.8. The lowest BCUT2D eigenvalue weighted by molar-refractivity contribution is -0.124. The van der Waals surface area contributed by atoms with E-state index in [1.165, 1.54) is 12.8 Å². The number of Topliss-reactive ketones (excluding diaryl/α,β-unsaturated/α-hetero) is 1. The van der Waals surface area contributed by atoms with Crippen LogP contribution in [0.5, 0.6) is 0 Å². The lowest BCUT2D eigenvalue weighted by atomic mass is 9.86. The molecule has 1 aliphatic rings. The molecule has 0 spiro atoms. The Morgan fingerprint density at radius 3 is 2.56 bits per heavy atom. The molecule has 1 aliphatic heterocycles. The van der Waals surface area contributed by atoms with Crippen molar-refractivity contribution in [3.63, 3.8) is 0 Å². The molecular weight excluding hydrogens is 200 g/mol. The Morgan fingerprint density at radius 2 is 2.00 bits per heavy atom. The van der Waals surface area contributed by atoms with Gasteiger partial charge < -0.3 is 4.74 Å². The molecule has 1 fully saturated rings. The van der Waals surface area contributed by atoms with E-state index in [0.717, 1.165) is 45.3 Å². The summed E-state index contributed by atoms with van der Waals surface area (Å²) in [7, 11) is 0. The molecule has 0 aromatic heterocycles. The fraction of sp³-hybridized carbons (Fsp3) is 0.929. The number of hydrogen-bond donors (Lipinski definition) is 0. The summed E-state index contributed by atoms with van der Waals surface area (Å²) in [6, 6.07) is 0. The van der Waals surface area contributed by atoms with Gasteiger partial charge in [0.1, 0.15) is 5.78 Å². The highest BCUT2D eigenvalue weighted by atomic mass is 16.5. The molecular formula is C14H26O2. The maximum atomic E-state index is 12.1. The van der Waals surface area contributed by atoms with Gasteiger partial charge in [-0.25, -0.2) is 0 Å². The number of rotatable bonds is 7. The molecule has 1 saturated heterocycles. The lowest BCUT2D eigenvalue weighted by Gasteiger charge is -2.23. The summed E-state index contributed by atoms with van der Waals surface area (Å²) < 4.78 is 5.32. The van der Waals surface area contributed by atoms with E-state index in [9.17, 15) is 4.79 Å². The van der Waals surface area contributed by atoms with Crippen LogP contribution in [0.1, 0.15) is 58.8 Å². The Bertz CT molecular complexity index is 195. The van der Waals surface area contributed by atoms with E-state index in [-0.39, 0.29) is 0 Å². The van der Waals surface area contributed by atoms with E-state index in [1.807, 2.05) is 0 Å². The first-order chi connectivity index (χ1) is 7.77. The summed E-state index contributed by atoms with van der Waals surface area (Å²) in [6.45, 7) is 6.03. The number of carbonyl (C=O) groups is 1. The standard InChI is InChI=1S/C14H26O2/c1-3-5-6-13(4-2)14(15)11-12-7-9-16-10-8-12/h12-13H,3-11H2,1-2H3. The van der Waals surface area contributed by atoms with Crippen molar-refractivity contribution in [2.75, 3.05) is 13.2 Å². The molecule has 1 atom stereocenters. The number of hydrogen-bond acceptors (Lipinski definition) is 2. The Kier molecular flexibility index (Phi) is 6.70. The maximum absolute atomic E-state index is 12.1. The summed E-state index contributed by atoms with van der Waals surface area (Å²) >= 11 is 0. The van der Waals surface area contributed by atoms with Crippen LogP contribution in [0.4, 0.5) is 0 Å². The highest BCUT2D eigenvalue weighted by Gasteiger charge is 2.22. The lowest BCUT2D eigenvalue weighted by Crippen LogP contribution is -2.22. The minimum absolute atomic E-state index is 0.322. The zero-order chi connectivity index (χ0) is 11.8. The first kappa shape index (κ1) is 13.7. The van der Waals surface area contributed by atoms with Gasteiger partial charge in [0.25, 0.3) is 0 Å². The minimum atomic E-state index is 0.322. The van der Waals surface area contributed by atoms with E-state index in [1.54, 1.807) is 0 Å². The smallest absolute Gasteiger partial charge is 0.136 e. The van der Waals surface area contributed by atoms with Gasteiger partial charge in [0, 0.05) is 25.6 Å². The summed E-state index contributed by atoms with van der Waals surface area (Å²) in [5.41, 5.74) is 0. The van der Waals surface area contributed by atoms with Crippen LogP contribution >= 0.6 is 0 Å². The van der Waals surface area contributed by atoms with Crippen molar-refractivity contribution in [2.45, 2.75) is 58.8 Å². The molecule has 0 aromatic rings. The van der Waals surface area contributed by atoms with Crippen LogP contribution < -0.4 is 0 Å². The SMILES string of the molecule is CCCCC(CC)C(=O)CC1CCOCC1. The largest absolute Gasteiger partial charge is 0.381 e. The van der Waals surface area contributed by atoms with Crippen LogP contribution in [-0.2, 0) is 9.53 Å². The second kappa shape index (κ2) is 7.83. The third-order valence-corrected chi connectivity index (χ3v) is 3.69. The highest BCUT2D eigenvalue weighted by Crippen LogP contribution is 2.23. The molecule has 0 radical (unpaired) electrons. The molecule has 0 aromatic carbocycles. The molecule has 0 saturated carbocycles. The second-order valence-corrected chi connectivity index (χ2v) is 4.97. The van der Waals surface area contributed by atoms with E-state index >= 15 is 0 Å². The fourth-order valence-electron chi connectivity index (χ4n) is 2.45. The zero-order valence-electron chi connectivity index (χ0n) is 10.8. The molecule has 2 heteroatoms. The molecule has 0 N–H and O–H groups in total. The topological polar surface area (TPSA) is 26.3 Å². The Balaban J connectivity index is 2.29. The van der Waals surface area contributed by atoms with Crippen molar-refractivity contribution < 1.29 is 9.53 Å². The molecule has 1 heterocycles. The van der Waals surface area contributed by atoms with E-state index in [4.69, 9.17) is 4.74 Å². The van der Waals surface area contributed by atoms with E-state index < -0.39 is 0 Å². The minimum Gasteiger partial charge on any atom is -0.381 e. The molecule has 1 unspecified atom stereocenters. The number of ketones is 1. The predicted molar refractivity (Wildman–Crippen MR) is 66.5 cm³/mol. The monoisotopic (exact) mass is 226 g/mol. The number of ether oxygens (including phenoxy) is 1. The molecule has 2 nitrogen and oxygen atoms in total. The number of carbonyl (C=O) groups excluding carboxylic acids is 1. The highest BCUT2D eigenvalue weighted by molar-refractivity contribution is 5.81. The predicted octanol–water partition coefficient (Wildman–Crippen LogP) is 3.59. The average molecular weight is 226 g/mol. The molecule has 16 heavy (non-hydrogen) atoms. The van der Waals surface area contributed by atoms with Crippen molar-refractivity contribution in [2.24, 2.45) is 11.8 Å². The van der Waals surface area contributed by atoms with Crippen LogP contribution in [0.15, 0.2) is 0 Å². The van der Waals surface area contributed by atoms with Gasteiger partial charge in [0.2, 0.25) is 0 Å². The van der Waals surface area contributed by atoms with Gasteiger partial charge in [-0.15, -0.1) is 0 Å². The van der Waals surface area contributed by atoms with Crippen molar-refractivity contribution >= 4 is 5.78 Å². The van der Waals surface area contributed by atoms with Crippen LogP contribution in [0.2, 0.25) is 0 Å². The number of unbranched alkanes of at least 4 members (excludes halogenated alkanes) is 1. The Labute approximate surface area is 99.8 Å². The van der Waals surface area contributed by atoms with Gasteiger partial charge in [-0.1, -0.05) is 26.7 Å². The van der Waals surface area contributed by atoms with Crippen molar-refractivity contribution in [1.82, 2.24) is 0 Å². The summed E-state index contributed by atoms with van der Waals surface area (Å²) in [5, 5.41) is 0. The summed E-state index contributed by atoms with van der Waals surface area (Å²) in [6.07, 6.45) is 7.45. The van der Waals surface area contributed by atoms with Crippen LogP contribution in [0.25, 0.3) is 0 Å². The molecule has 1 rings (SSSR count). The van der Waals surface area contributed by atoms with Crippen LogP contribution in [-0.4, -0.2) is 19.0 Å². The summed E-state index contributed by atoms with van der Waals surface area (Å²) in [4.78, 5) is 12.1. The van der Waals surface area contributed by atoms with Gasteiger partial charge in [-0.3, -0.25) is 4.79 Å². The first-order valence-corrected chi connectivity index (χ1v) is 6.88. The Morgan fingerprint density at radius 1 is 1.31 bits per heavy atom. The molecule has 94 valence electrons. The quantitative estimate of drug-likeness (QED) is 0.663. The normalized spacial score (nSPS) is 19.6.